The second-order valence-electron chi connectivity index (χ2n) is 4.89. The van der Waals surface area contributed by atoms with E-state index in [1.807, 2.05) is 19.1 Å². The molecule has 1 atom stereocenters. The van der Waals surface area contributed by atoms with Crippen LogP contribution in [-0.2, 0) is 6.54 Å². The zero-order valence-corrected chi connectivity index (χ0v) is 11.3. The van der Waals surface area contributed by atoms with Gasteiger partial charge in [0.25, 0.3) is 0 Å². The fourth-order valence-corrected chi connectivity index (χ4v) is 2.49. The Kier molecular flexibility index (Phi) is 3.06. The molecule has 2 aromatic rings. The summed E-state index contributed by atoms with van der Waals surface area (Å²) in [6, 6.07) is 3.87. The summed E-state index contributed by atoms with van der Waals surface area (Å²) >= 11 is 0. The number of nitrogens with zero attached hydrogens (tertiary/aromatic N) is 2. The highest BCUT2D eigenvalue weighted by molar-refractivity contribution is 5.81. The van der Waals surface area contributed by atoms with Crippen LogP contribution in [0.2, 0.25) is 0 Å². The van der Waals surface area contributed by atoms with Crippen molar-refractivity contribution in [2.75, 3.05) is 13.2 Å². The Morgan fingerprint density at radius 2 is 2.00 bits per heavy atom. The first kappa shape index (κ1) is 12.3. The maximum absolute atomic E-state index is 6.02. The van der Waals surface area contributed by atoms with E-state index < -0.39 is 0 Å². The van der Waals surface area contributed by atoms with Crippen molar-refractivity contribution in [1.29, 1.82) is 0 Å². The number of hydrogen-bond acceptors (Lipinski definition) is 4. The van der Waals surface area contributed by atoms with Crippen molar-refractivity contribution in [3.63, 3.8) is 0 Å². The minimum atomic E-state index is -0.0854. The molecule has 19 heavy (non-hydrogen) atoms. The van der Waals surface area contributed by atoms with Crippen molar-refractivity contribution in [2.45, 2.75) is 32.9 Å². The summed E-state index contributed by atoms with van der Waals surface area (Å²) in [7, 11) is 0. The van der Waals surface area contributed by atoms with Gasteiger partial charge in [-0.05, 0) is 13.3 Å². The zero-order chi connectivity index (χ0) is 13.4. The molecule has 2 heterocycles. The highest BCUT2D eigenvalue weighted by Gasteiger charge is 2.19. The van der Waals surface area contributed by atoms with E-state index in [9.17, 15) is 0 Å². The second-order valence-corrected chi connectivity index (χ2v) is 4.89. The largest absolute Gasteiger partial charge is 0.486 e. The molecule has 0 aliphatic carbocycles. The van der Waals surface area contributed by atoms with E-state index in [0.29, 0.717) is 13.2 Å². The van der Waals surface area contributed by atoms with E-state index in [-0.39, 0.29) is 6.04 Å². The molecule has 0 amide bonds. The number of nitrogens with two attached hydrogens (primary N) is 1. The van der Waals surface area contributed by atoms with Gasteiger partial charge in [-0.1, -0.05) is 6.92 Å². The predicted octanol–water partition coefficient (Wildman–Crippen LogP) is 2.24. The monoisotopic (exact) mass is 261 g/mol. The first-order valence-corrected chi connectivity index (χ1v) is 6.76. The van der Waals surface area contributed by atoms with E-state index >= 15 is 0 Å². The number of rotatable bonds is 3. The van der Waals surface area contributed by atoms with Gasteiger partial charge in [-0.3, -0.25) is 0 Å². The lowest BCUT2D eigenvalue weighted by Gasteiger charge is -2.18. The maximum Gasteiger partial charge on any atom is 0.163 e. The van der Waals surface area contributed by atoms with Gasteiger partial charge in [-0.25, -0.2) is 4.98 Å². The Morgan fingerprint density at radius 3 is 2.63 bits per heavy atom. The van der Waals surface area contributed by atoms with Crippen LogP contribution in [0.25, 0.3) is 11.0 Å². The van der Waals surface area contributed by atoms with Crippen LogP contribution in [0.5, 0.6) is 11.5 Å². The Balaban J connectivity index is 2.20. The molecule has 0 fully saturated rings. The number of aryl methyl sites for hydroxylation is 1. The number of aromatic nitrogens is 2. The smallest absolute Gasteiger partial charge is 0.163 e. The number of fused-ring (bicyclic) bond motifs is 2. The van der Waals surface area contributed by atoms with Crippen LogP contribution in [0, 0.1) is 0 Å². The molecule has 1 aliphatic rings. The number of ether oxygens (including phenoxy) is 2. The average molecular weight is 261 g/mol. The summed E-state index contributed by atoms with van der Waals surface area (Å²) in [6.45, 7) is 6.21. The molecule has 2 N–H and O–H groups in total. The fourth-order valence-electron chi connectivity index (χ4n) is 2.49. The second kappa shape index (κ2) is 4.74. The quantitative estimate of drug-likeness (QED) is 0.920. The molecule has 1 aliphatic heterocycles. The normalized spacial score (nSPS) is 15.7. The number of hydrogen-bond donors (Lipinski definition) is 1. The molecule has 1 aromatic carbocycles. The summed E-state index contributed by atoms with van der Waals surface area (Å²) in [6.07, 6.45) is 1.04. The van der Waals surface area contributed by atoms with Gasteiger partial charge in [-0.2, -0.15) is 0 Å². The van der Waals surface area contributed by atoms with Crippen LogP contribution in [0.15, 0.2) is 12.1 Å². The van der Waals surface area contributed by atoms with Crippen LogP contribution in [-0.4, -0.2) is 22.8 Å². The van der Waals surface area contributed by atoms with Gasteiger partial charge in [-0.15, -0.1) is 0 Å². The molecule has 0 spiro atoms. The van der Waals surface area contributed by atoms with E-state index in [0.717, 1.165) is 41.3 Å². The van der Waals surface area contributed by atoms with Gasteiger partial charge in [0.2, 0.25) is 0 Å². The third-order valence-electron chi connectivity index (χ3n) is 3.30. The van der Waals surface area contributed by atoms with Crippen molar-refractivity contribution >= 4 is 11.0 Å². The lowest BCUT2D eigenvalue weighted by Crippen LogP contribution is -2.15. The van der Waals surface area contributed by atoms with Crippen LogP contribution in [0.4, 0.5) is 0 Å². The Hall–Kier alpha value is -1.75. The summed E-state index contributed by atoms with van der Waals surface area (Å²) in [5, 5.41) is 0. The third-order valence-corrected chi connectivity index (χ3v) is 3.30. The van der Waals surface area contributed by atoms with Crippen molar-refractivity contribution in [1.82, 2.24) is 9.55 Å². The van der Waals surface area contributed by atoms with Gasteiger partial charge in [0, 0.05) is 18.7 Å². The molecule has 0 saturated carbocycles. The lowest BCUT2D eigenvalue weighted by atomic mass is 10.2. The molecule has 1 unspecified atom stereocenters. The molecule has 0 bridgehead atoms. The van der Waals surface area contributed by atoms with E-state index in [2.05, 4.69) is 16.5 Å². The van der Waals surface area contributed by atoms with Gasteiger partial charge in [0.1, 0.15) is 19.0 Å². The van der Waals surface area contributed by atoms with Crippen LogP contribution in [0.3, 0.4) is 0 Å². The van der Waals surface area contributed by atoms with E-state index in [1.54, 1.807) is 0 Å². The topological polar surface area (TPSA) is 62.3 Å². The zero-order valence-electron chi connectivity index (χ0n) is 11.3. The molecule has 3 rings (SSSR count). The average Bonchev–Trinajstić information content (AvgIpc) is 2.75. The van der Waals surface area contributed by atoms with Gasteiger partial charge in [0.05, 0.1) is 17.1 Å². The Morgan fingerprint density at radius 1 is 1.32 bits per heavy atom. The molecule has 5 nitrogen and oxygen atoms in total. The molecule has 1 aromatic heterocycles. The van der Waals surface area contributed by atoms with Crippen molar-refractivity contribution in [2.24, 2.45) is 5.73 Å². The number of imidazole rings is 1. The first-order valence-electron chi connectivity index (χ1n) is 6.76. The standard InChI is InChI=1S/C14H19N3O2/c1-3-4-17-11-8-13-12(18-5-6-19-13)7-10(11)16-14(17)9(2)15/h7-9H,3-6,15H2,1-2H3. The van der Waals surface area contributed by atoms with Crippen LogP contribution >= 0.6 is 0 Å². The van der Waals surface area contributed by atoms with Crippen molar-refractivity contribution in [3.8, 4) is 11.5 Å². The van der Waals surface area contributed by atoms with E-state index in [4.69, 9.17) is 15.2 Å². The van der Waals surface area contributed by atoms with Gasteiger partial charge < -0.3 is 19.8 Å². The van der Waals surface area contributed by atoms with Gasteiger partial charge in [0.15, 0.2) is 11.5 Å². The third kappa shape index (κ3) is 2.04. The van der Waals surface area contributed by atoms with Crippen LogP contribution in [0.1, 0.15) is 32.1 Å². The molecule has 5 heteroatoms. The Bertz CT molecular complexity index is 604. The minimum Gasteiger partial charge on any atom is -0.486 e. The Labute approximate surface area is 112 Å². The molecule has 0 saturated heterocycles. The molecule has 0 radical (unpaired) electrons. The molecule has 102 valence electrons. The minimum absolute atomic E-state index is 0.0854. The van der Waals surface area contributed by atoms with E-state index in [1.165, 1.54) is 0 Å². The molecular formula is C14H19N3O2. The summed E-state index contributed by atoms with van der Waals surface area (Å²) in [4.78, 5) is 4.64. The highest BCUT2D eigenvalue weighted by Crippen LogP contribution is 2.35. The van der Waals surface area contributed by atoms with Crippen molar-refractivity contribution in [3.05, 3.63) is 18.0 Å². The summed E-state index contributed by atoms with van der Waals surface area (Å²) in [5.74, 6) is 2.49. The fraction of sp³-hybridized carbons (Fsp3) is 0.500. The first-order chi connectivity index (χ1) is 9.20. The highest BCUT2D eigenvalue weighted by atomic mass is 16.6. The molecular weight excluding hydrogens is 242 g/mol. The van der Waals surface area contributed by atoms with Crippen molar-refractivity contribution < 1.29 is 9.47 Å². The van der Waals surface area contributed by atoms with Gasteiger partial charge >= 0.3 is 0 Å². The SMILES string of the molecule is CCCn1c(C(C)N)nc2cc3c(cc21)OCCO3. The summed E-state index contributed by atoms with van der Waals surface area (Å²) < 4.78 is 13.4. The predicted molar refractivity (Wildman–Crippen MR) is 73.6 cm³/mol. The lowest BCUT2D eigenvalue weighted by molar-refractivity contribution is 0.172. The number of benzene rings is 1. The summed E-state index contributed by atoms with van der Waals surface area (Å²) in [5.41, 5.74) is 8.01. The van der Waals surface area contributed by atoms with Crippen LogP contribution < -0.4 is 15.2 Å². The maximum atomic E-state index is 6.02.